The summed E-state index contributed by atoms with van der Waals surface area (Å²) in [6, 6.07) is 10.4. The van der Waals surface area contributed by atoms with E-state index in [2.05, 4.69) is 29.2 Å². The third-order valence-electron chi connectivity index (χ3n) is 3.98. The monoisotopic (exact) mass is 256 g/mol. The fourth-order valence-corrected chi connectivity index (χ4v) is 2.89. The zero-order chi connectivity index (χ0) is 13.1. The summed E-state index contributed by atoms with van der Waals surface area (Å²) in [5, 5.41) is 2.40. The first-order valence-electron chi connectivity index (χ1n) is 7.01. The minimum Gasteiger partial charge on any atom is -0.381 e. The normalized spacial score (nSPS) is 18.6. The molecule has 1 atom stereocenters. The van der Waals surface area contributed by atoms with Gasteiger partial charge in [0.2, 0.25) is 0 Å². The van der Waals surface area contributed by atoms with Gasteiger partial charge in [0.1, 0.15) is 0 Å². The van der Waals surface area contributed by atoms with Crippen molar-refractivity contribution in [3.8, 4) is 0 Å². The Hall–Kier alpha value is -1.45. The maximum Gasteiger partial charge on any atom is 0.0649 e. The van der Waals surface area contributed by atoms with E-state index in [-0.39, 0.29) is 6.04 Å². The largest absolute Gasteiger partial charge is 0.381 e. The smallest absolute Gasteiger partial charge is 0.0649 e. The first-order valence-corrected chi connectivity index (χ1v) is 7.01. The molecular weight excluding hydrogens is 236 g/mol. The van der Waals surface area contributed by atoms with Crippen LogP contribution in [-0.4, -0.2) is 18.2 Å². The van der Waals surface area contributed by atoms with Crippen molar-refractivity contribution in [3.05, 3.63) is 42.2 Å². The standard InChI is InChI=1S/C16H20N2O/c17-15(11-12-6-9-19-10-7-12)16-14-4-2-1-3-13(14)5-8-18-16/h1-5,8,12,15H,6-7,9-11,17H2. The average Bonchev–Trinajstić information content (AvgIpc) is 2.47. The second-order valence-electron chi connectivity index (χ2n) is 5.32. The number of benzene rings is 1. The van der Waals surface area contributed by atoms with Crippen LogP contribution in [0.2, 0.25) is 0 Å². The number of hydrogen-bond acceptors (Lipinski definition) is 3. The molecule has 100 valence electrons. The van der Waals surface area contributed by atoms with E-state index in [1.807, 2.05) is 12.3 Å². The third-order valence-corrected chi connectivity index (χ3v) is 3.98. The Morgan fingerprint density at radius 2 is 2.00 bits per heavy atom. The molecule has 0 saturated carbocycles. The van der Waals surface area contributed by atoms with Crippen LogP contribution in [0.1, 0.15) is 31.0 Å². The van der Waals surface area contributed by atoms with Crippen molar-refractivity contribution in [2.45, 2.75) is 25.3 Å². The summed E-state index contributed by atoms with van der Waals surface area (Å²) in [6.07, 6.45) is 5.11. The summed E-state index contributed by atoms with van der Waals surface area (Å²) in [5.74, 6) is 0.671. The highest BCUT2D eigenvalue weighted by atomic mass is 16.5. The number of ether oxygens (including phenoxy) is 1. The SMILES string of the molecule is NC(CC1CCOCC1)c1nccc2ccccc12. The number of nitrogens with zero attached hydrogens (tertiary/aromatic N) is 1. The van der Waals surface area contributed by atoms with Crippen molar-refractivity contribution in [3.63, 3.8) is 0 Å². The topological polar surface area (TPSA) is 48.1 Å². The van der Waals surface area contributed by atoms with Crippen LogP contribution in [0.3, 0.4) is 0 Å². The lowest BCUT2D eigenvalue weighted by atomic mass is 9.90. The van der Waals surface area contributed by atoms with Crippen LogP contribution in [0.5, 0.6) is 0 Å². The molecule has 0 aliphatic carbocycles. The Kier molecular flexibility index (Phi) is 3.76. The van der Waals surface area contributed by atoms with Crippen LogP contribution in [0.4, 0.5) is 0 Å². The second kappa shape index (κ2) is 5.68. The molecular formula is C16H20N2O. The minimum absolute atomic E-state index is 0.0224. The van der Waals surface area contributed by atoms with E-state index in [0.29, 0.717) is 5.92 Å². The highest BCUT2D eigenvalue weighted by molar-refractivity contribution is 5.84. The molecule has 3 nitrogen and oxygen atoms in total. The second-order valence-corrected chi connectivity index (χ2v) is 5.32. The Morgan fingerprint density at radius 1 is 1.21 bits per heavy atom. The molecule has 0 spiro atoms. The van der Waals surface area contributed by atoms with Crippen LogP contribution < -0.4 is 5.73 Å². The van der Waals surface area contributed by atoms with Gasteiger partial charge in [-0.15, -0.1) is 0 Å². The highest BCUT2D eigenvalue weighted by Crippen LogP contribution is 2.28. The fourth-order valence-electron chi connectivity index (χ4n) is 2.89. The van der Waals surface area contributed by atoms with Crippen molar-refractivity contribution in [1.82, 2.24) is 4.98 Å². The lowest BCUT2D eigenvalue weighted by Gasteiger charge is -2.25. The van der Waals surface area contributed by atoms with Gasteiger partial charge in [0.25, 0.3) is 0 Å². The molecule has 3 rings (SSSR count). The molecule has 1 aliphatic rings. The zero-order valence-electron chi connectivity index (χ0n) is 11.1. The van der Waals surface area contributed by atoms with E-state index in [9.17, 15) is 0 Å². The Balaban J connectivity index is 1.82. The highest BCUT2D eigenvalue weighted by Gasteiger charge is 2.19. The van der Waals surface area contributed by atoms with Gasteiger partial charge in [-0.25, -0.2) is 0 Å². The molecule has 1 saturated heterocycles. The van der Waals surface area contributed by atoms with Gasteiger partial charge >= 0.3 is 0 Å². The quantitative estimate of drug-likeness (QED) is 0.918. The first-order chi connectivity index (χ1) is 9.34. The van der Waals surface area contributed by atoms with Crippen LogP contribution >= 0.6 is 0 Å². The lowest BCUT2D eigenvalue weighted by Crippen LogP contribution is -2.22. The molecule has 2 heterocycles. The van der Waals surface area contributed by atoms with Crippen molar-refractivity contribution >= 4 is 10.8 Å². The Morgan fingerprint density at radius 3 is 2.84 bits per heavy atom. The van der Waals surface area contributed by atoms with Gasteiger partial charge in [0.05, 0.1) is 5.69 Å². The van der Waals surface area contributed by atoms with Gasteiger partial charge in [-0.2, -0.15) is 0 Å². The molecule has 1 fully saturated rings. The lowest BCUT2D eigenvalue weighted by molar-refractivity contribution is 0.0617. The minimum atomic E-state index is 0.0224. The van der Waals surface area contributed by atoms with Crippen LogP contribution in [0.25, 0.3) is 10.8 Å². The number of nitrogens with two attached hydrogens (primary N) is 1. The van der Waals surface area contributed by atoms with Gasteiger partial charge in [-0.05, 0) is 36.6 Å². The number of rotatable bonds is 3. The summed E-state index contributed by atoms with van der Waals surface area (Å²) < 4.78 is 5.40. The van der Waals surface area contributed by atoms with E-state index in [1.165, 1.54) is 10.8 Å². The Bertz CT molecular complexity index is 544. The van der Waals surface area contributed by atoms with Gasteiger partial charge in [0, 0.05) is 30.8 Å². The molecule has 19 heavy (non-hydrogen) atoms. The van der Waals surface area contributed by atoms with E-state index < -0.39 is 0 Å². The molecule has 0 amide bonds. The van der Waals surface area contributed by atoms with Gasteiger partial charge < -0.3 is 10.5 Å². The number of fused-ring (bicyclic) bond motifs is 1. The molecule has 1 unspecified atom stereocenters. The third kappa shape index (κ3) is 2.77. The molecule has 2 aromatic rings. The maximum absolute atomic E-state index is 6.39. The Labute approximate surface area is 113 Å². The van der Waals surface area contributed by atoms with Gasteiger partial charge in [-0.3, -0.25) is 4.98 Å². The van der Waals surface area contributed by atoms with Crippen molar-refractivity contribution < 1.29 is 4.74 Å². The number of hydrogen-bond donors (Lipinski definition) is 1. The predicted octanol–water partition coefficient (Wildman–Crippen LogP) is 3.05. The van der Waals surface area contributed by atoms with Crippen LogP contribution in [0.15, 0.2) is 36.5 Å². The summed E-state index contributed by atoms with van der Waals surface area (Å²) in [5.41, 5.74) is 7.42. The van der Waals surface area contributed by atoms with Crippen molar-refractivity contribution in [2.75, 3.05) is 13.2 Å². The van der Waals surface area contributed by atoms with E-state index >= 15 is 0 Å². The summed E-state index contributed by atoms with van der Waals surface area (Å²) in [6.45, 7) is 1.75. The molecule has 1 aromatic carbocycles. The average molecular weight is 256 g/mol. The zero-order valence-corrected chi connectivity index (χ0v) is 11.1. The van der Waals surface area contributed by atoms with Gasteiger partial charge in [0.15, 0.2) is 0 Å². The van der Waals surface area contributed by atoms with E-state index in [1.54, 1.807) is 0 Å². The summed E-state index contributed by atoms with van der Waals surface area (Å²) in [4.78, 5) is 4.52. The molecule has 3 heteroatoms. The molecule has 1 aliphatic heterocycles. The van der Waals surface area contributed by atoms with Gasteiger partial charge in [-0.1, -0.05) is 24.3 Å². The van der Waals surface area contributed by atoms with Crippen LogP contribution in [-0.2, 0) is 4.74 Å². The molecule has 2 N–H and O–H groups in total. The molecule has 1 aromatic heterocycles. The summed E-state index contributed by atoms with van der Waals surface area (Å²) in [7, 11) is 0. The van der Waals surface area contributed by atoms with Crippen molar-refractivity contribution in [1.29, 1.82) is 0 Å². The number of pyridine rings is 1. The van der Waals surface area contributed by atoms with Crippen molar-refractivity contribution in [2.24, 2.45) is 11.7 Å². The number of aromatic nitrogens is 1. The molecule has 0 radical (unpaired) electrons. The predicted molar refractivity (Wildman–Crippen MR) is 76.8 cm³/mol. The maximum atomic E-state index is 6.39. The summed E-state index contributed by atoms with van der Waals surface area (Å²) >= 11 is 0. The van der Waals surface area contributed by atoms with E-state index in [4.69, 9.17) is 10.5 Å². The molecule has 0 bridgehead atoms. The van der Waals surface area contributed by atoms with Crippen LogP contribution in [0, 0.1) is 5.92 Å². The van der Waals surface area contributed by atoms with E-state index in [0.717, 1.165) is 38.2 Å². The first kappa shape index (κ1) is 12.6. The fraction of sp³-hybridized carbons (Fsp3) is 0.438.